The molecule has 0 spiro atoms. The molecule has 0 aliphatic heterocycles. The van der Waals surface area contributed by atoms with Crippen molar-refractivity contribution in [1.29, 1.82) is 5.26 Å². The zero-order valence-electron chi connectivity index (χ0n) is 12.2. The van der Waals surface area contributed by atoms with E-state index in [1.807, 2.05) is 25.1 Å². The molecule has 0 radical (unpaired) electrons. The summed E-state index contributed by atoms with van der Waals surface area (Å²) in [6, 6.07) is 14.4. The average molecular weight is 283 g/mol. The van der Waals surface area contributed by atoms with E-state index in [1.54, 1.807) is 30.1 Å². The molecule has 0 bridgehead atoms. The molecule has 2 aromatic carbocycles. The predicted octanol–water partition coefficient (Wildman–Crippen LogP) is 3.57. The fourth-order valence-electron chi connectivity index (χ4n) is 2.20. The van der Waals surface area contributed by atoms with Crippen LogP contribution < -0.4 is 10.2 Å². The molecule has 0 saturated carbocycles. The lowest BCUT2D eigenvalue weighted by atomic mass is 10.1. The van der Waals surface area contributed by atoms with E-state index in [-0.39, 0.29) is 5.82 Å². The van der Waals surface area contributed by atoms with E-state index in [0.29, 0.717) is 16.9 Å². The van der Waals surface area contributed by atoms with Crippen molar-refractivity contribution in [3.8, 4) is 6.07 Å². The molecular weight excluding hydrogens is 265 g/mol. The van der Waals surface area contributed by atoms with Gasteiger partial charge in [-0.3, -0.25) is 0 Å². The third-order valence-corrected chi connectivity index (χ3v) is 3.34. The van der Waals surface area contributed by atoms with E-state index >= 15 is 0 Å². The first kappa shape index (κ1) is 15.0. The molecule has 0 aliphatic rings. The van der Waals surface area contributed by atoms with E-state index in [1.165, 1.54) is 6.07 Å². The Labute approximate surface area is 124 Å². The number of nitrogens with one attached hydrogen (secondary N) is 1. The lowest BCUT2D eigenvalue weighted by Gasteiger charge is -2.21. The van der Waals surface area contributed by atoms with Crippen LogP contribution in [0.15, 0.2) is 42.5 Å². The van der Waals surface area contributed by atoms with Crippen LogP contribution in [0.2, 0.25) is 0 Å². The molecule has 108 valence electrons. The zero-order valence-corrected chi connectivity index (χ0v) is 12.2. The van der Waals surface area contributed by atoms with Gasteiger partial charge in [-0.2, -0.15) is 5.26 Å². The van der Waals surface area contributed by atoms with Crippen molar-refractivity contribution in [2.45, 2.75) is 13.5 Å². The van der Waals surface area contributed by atoms with Crippen molar-refractivity contribution in [3.63, 3.8) is 0 Å². The normalized spacial score (nSPS) is 10.2. The Kier molecular flexibility index (Phi) is 4.91. The SMILES string of the molecule is CCNCc1ccc(N(C)c2ccccc2F)c(C#N)c1. The summed E-state index contributed by atoms with van der Waals surface area (Å²) < 4.78 is 13.9. The molecule has 2 rings (SSSR count). The van der Waals surface area contributed by atoms with E-state index in [9.17, 15) is 9.65 Å². The number of para-hydroxylation sites is 1. The molecule has 0 aliphatic carbocycles. The van der Waals surface area contributed by atoms with Gasteiger partial charge in [0, 0.05) is 13.6 Å². The number of nitrogens with zero attached hydrogens (tertiary/aromatic N) is 2. The Balaban J connectivity index is 2.35. The first-order chi connectivity index (χ1) is 10.2. The molecule has 0 unspecified atom stereocenters. The summed E-state index contributed by atoms with van der Waals surface area (Å²) in [5.41, 5.74) is 2.73. The minimum absolute atomic E-state index is 0.305. The first-order valence-corrected chi connectivity index (χ1v) is 6.89. The van der Waals surface area contributed by atoms with Crippen LogP contribution in [0.1, 0.15) is 18.1 Å². The Morgan fingerprint density at radius 1 is 1.19 bits per heavy atom. The summed E-state index contributed by atoms with van der Waals surface area (Å²) in [7, 11) is 1.76. The minimum atomic E-state index is -0.305. The fourth-order valence-corrected chi connectivity index (χ4v) is 2.20. The van der Waals surface area contributed by atoms with Gasteiger partial charge < -0.3 is 10.2 Å². The maximum absolute atomic E-state index is 13.9. The maximum Gasteiger partial charge on any atom is 0.146 e. The van der Waals surface area contributed by atoms with Crippen LogP contribution >= 0.6 is 0 Å². The van der Waals surface area contributed by atoms with Gasteiger partial charge in [-0.1, -0.05) is 25.1 Å². The average Bonchev–Trinajstić information content (AvgIpc) is 2.52. The van der Waals surface area contributed by atoms with Gasteiger partial charge in [-0.15, -0.1) is 0 Å². The monoisotopic (exact) mass is 283 g/mol. The number of anilines is 2. The Morgan fingerprint density at radius 2 is 1.95 bits per heavy atom. The molecule has 0 atom stereocenters. The highest BCUT2D eigenvalue weighted by Crippen LogP contribution is 2.29. The number of benzene rings is 2. The van der Waals surface area contributed by atoms with Gasteiger partial charge in [0.1, 0.15) is 11.9 Å². The predicted molar refractivity (Wildman–Crippen MR) is 83.0 cm³/mol. The molecule has 21 heavy (non-hydrogen) atoms. The van der Waals surface area contributed by atoms with Crippen LogP contribution in [0, 0.1) is 17.1 Å². The summed E-state index contributed by atoms with van der Waals surface area (Å²) in [6.07, 6.45) is 0. The molecule has 0 saturated heterocycles. The minimum Gasteiger partial charge on any atom is -0.341 e. The van der Waals surface area contributed by atoms with E-state index in [2.05, 4.69) is 11.4 Å². The van der Waals surface area contributed by atoms with Crippen LogP contribution in [0.25, 0.3) is 0 Å². The van der Waals surface area contributed by atoms with Gasteiger partial charge >= 0.3 is 0 Å². The van der Waals surface area contributed by atoms with E-state index in [0.717, 1.165) is 18.7 Å². The highest BCUT2D eigenvalue weighted by Gasteiger charge is 2.13. The standard InChI is InChI=1S/C17H18FN3/c1-3-20-12-13-8-9-16(14(10-13)11-19)21(2)17-7-5-4-6-15(17)18/h4-10,20H,3,12H2,1-2H3. The summed E-state index contributed by atoms with van der Waals surface area (Å²) in [6.45, 7) is 3.62. The Bertz CT molecular complexity index is 661. The molecule has 3 nitrogen and oxygen atoms in total. The van der Waals surface area contributed by atoms with Crippen molar-refractivity contribution in [1.82, 2.24) is 5.32 Å². The van der Waals surface area contributed by atoms with Gasteiger partial charge in [0.25, 0.3) is 0 Å². The van der Waals surface area contributed by atoms with Crippen LogP contribution in [0.4, 0.5) is 15.8 Å². The van der Waals surface area contributed by atoms with E-state index in [4.69, 9.17) is 0 Å². The number of rotatable bonds is 5. The van der Waals surface area contributed by atoms with Crippen molar-refractivity contribution >= 4 is 11.4 Å². The van der Waals surface area contributed by atoms with Crippen LogP contribution in [0.3, 0.4) is 0 Å². The van der Waals surface area contributed by atoms with E-state index < -0.39 is 0 Å². The van der Waals surface area contributed by atoms with Gasteiger partial charge in [-0.05, 0) is 36.4 Å². The highest BCUT2D eigenvalue weighted by molar-refractivity contribution is 5.69. The van der Waals surface area contributed by atoms with Gasteiger partial charge in [0.15, 0.2) is 0 Å². The number of halogens is 1. The Morgan fingerprint density at radius 3 is 2.62 bits per heavy atom. The molecular formula is C17H18FN3. The van der Waals surface area contributed by atoms with Crippen LogP contribution in [0.5, 0.6) is 0 Å². The summed E-state index contributed by atoms with van der Waals surface area (Å²) in [5.74, 6) is -0.305. The first-order valence-electron chi connectivity index (χ1n) is 6.89. The molecule has 1 N–H and O–H groups in total. The molecule has 0 amide bonds. The lowest BCUT2D eigenvalue weighted by Crippen LogP contribution is -2.14. The number of nitriles is 1. The number of hydrogen-bond donors (Lipinski definition) is 1. The summed E-state index contributed by atoms with van der Waals surface area (Å²) >= 11 is 0. The fraction of sp³-hybridized carbons (Fsp3) is 0.235. The van der Waals surface area contributed by atoms with Crippen molar-refractivity contribution in [2.75, 3.05) is 18.5 Å². The van der Waals surface area contributed by atoms with Crippen LogP contribution in [-0.4, -0.2) is 13.6 Å². The second-order valence-corrected chi connectivity index (χ2v) is 4.75. The molecule has 0 heterocycles. The third kappa shape index (κ3) is 3.39. The van der Waals surface area contributed by atoms with Crippen molar-refractivity contribution in [3.05, 3.63) is 59.4 Å². The molecule has 0 aromatic heterocycles. The Hall–Kier alpha value is -2.38. The number of hydrogen-bond acceptors (Lipinski definition) is 3. The van der Waals surface area contributed by atoms with Gasteiger partial charge in [0.2, 0.25) is 0 Å². The summed E-state index contributed by atoms with van der Waals surface area (Å²) in [4.78, 5) is 1.70. The second-order valence-electron chi connectivity index (χ2n) is 4.75. The molecule has 0 fully saturated rings. The van der Waals surface area contributed by atoms with Gasteiger partial charge in [0.05, 0.1) is 16.9 Å². The molecule has 2 aromatic rings. The zero-order chi connectivity index (χ0) is 15.2. The van der Waals surface area contributed by atoms with Gasteiger partial charge in [-0.25, -0.2) is 4.39 Å². The largest absolute Gasteiger partial charge is 0.341 e. The quantitative estimate of drug-likeness (QED) is 0.911. The van der Waals surface area contributed by atoms with Crippen molar-refractivity contribution in [2.24, 2.45) is 0 Å². The van der Waals surface area contributed by atoms with Crippen LogP contribution in [-0.2, 0) is 6.54 Å². The van der Waals surface area contributed by atoms with Crippen molar-refractivity contribution < 1.29 is 4.39 Å². The topological polar surface area (TPSA) is 39.1 Å². The molecule has 4 heteroatoms. The highest BCUT2D eigenvalue weighted by atomic mass is 19.1. The smallest absolute Gasteiger partial charge is 0.146 e. The lowest BCUT2D eigenvalue weighted by molar-refractivity contribution is 0.627. The summed E-state index contributed by atoms with van der Waals surface area (Å²) in [5, 5.41) is 12.6. The maximum atomic E-state index is 13.9. The second kappa shape index (κ2) is 6.87. The third-order valence-electron chi connectivity index (χ3n) is 3.34.